The number of allylic oxidation sites excluding steroid dienone is 1. The number of Topliss-reactive ketones (excluding diaryl/α,β-unsaturated/α-hetero) is 1. The number of nitrogens with two attached hydrogens (primary N) is 2. The van der Waals surface area contributed by atoms with Crippen LogP contribution in [0, 0.1) is 0 Å². The number of benzene rings is 2. The van der Waals surface area contributed by atoms with Crippen LogP contribution in [0.5, 0.6) is 11.5 Å². The van der Waals surface area contributed by atoms with Gasteiger partial charge in [-0.3, -0.25) is 9.79 Å². The van der Waals surface area contributed by atoms with Crippen LogP contribution in [0.3, 0.4) is 0 Å². The van der Waals surface area contributed by atoms with E-state index in [0.717, 1.165) is 40.0 Å². The van der Waals surface area contributed by atoms with Gasteiger partial charge in [-0.2, -0.15) is 0 Å². The molecule has 0 saturated carbocycles. The fourth-order valence-corrected chi connectivity index (χ4v) is 5.02. The molecule has 0 amide bonds. The van der Waals surface area contributed by atoms with E-state index in [0.29, 0.717) is 31.6 Å². The number of aromatic hydroxyl groups is 1. The highest BCUT2D eigenvalue weighted by molar-refractivity contribution is 6.09. The van der Waals surface area contributed by atoms with Crippen molar-refractivity contribution in [3.05, 3.63) is 82.7 Å². The van der Waals surface area contributed by atoms with E-state index in [1.54, 1.807) is 18.2 Å². The predicted octanol–water partition coefficient (Wildman–Crippen LogP) is 3.23. The highest BCUT2D eigenvalue weighted by Gasteiger charge is 2.26. The number of ether oxygens (including phenoxy) is 1. The second-order valence-electron chi connectivity index (χ2n) is 10.6. The summed E-state index contributed by atoms with van der Waals surface area (Å²) in [7, 11) is 0. The second kappa shape index (κ2) is 13.7. The average Bonchev–Trinajstić information content (AvgIpc) is 3.48. The molecule has 40 heavy (non-hydrogen) atoms. The van der Waals surface area contributed by atoms with Gasteiger partial charge in [-0.1, -0.05) is 43.7 Å². The average molecular weight is 549 g/mol. The Kier molecular flexibility index (Phi) is 10.1. The molecule has 0 saturated heterocycles. The zero-order valence-corrected chi connectivity index (χ0v) is 23.0. The van der Waals surface area contributed by atoms with Gasteiger partial charge in [0.15, 0.2) is 18.2 Å². The largest absolute Gasteiger partial charge is 0.504 e. The molecule has 0 spiro atoms. The third kappa shape index (κ3) is 8.02. The van der Waals surface area contributed by atoms with Crippen molar-refractivity contribution in [2.45, 2.75) is 70.2 Å². The van der Waals surface area contributed by atoms with E-state index in [1.165, 1.54) is 0 Å². The van der Waals surface area contributed by atoms with Crippen molar-refractivity contribution in [3.8, 4) is 11.5 Å². The van der Waals surface area contributed by atoms with Crippen LogP contribution in [0.2, 0.25) is 0 Å². The number of aliphatic hydroxyl groups is 2. The second-order valence-corrected chi connectivity index (χ2v) is 10.6. The standard InChI is InChI=1S/C31H40N4O5/c1-2-4-24(36)14-26(38)15-25(37)9-7-20-8-10-29(39)30(13-20)40-19-35-17-27-23(16-34-28(27)18-35)12-21-5-3-6-22(11-21)31(32)33/h3,5-6,8,10-11,13,16-17,24,26,31,36,38-39H,2,4,7,9,12,14-15,18-19,32-33H2,1H3. The zero-order chi connectivity index (χ0) is 28.6. The molecule has 0 aliphatic carbocycles. The highest BCUT2D eigenvalue weighted by atomic mass is 16.5. The maximum absolute atomic E-state index is 12.3. The van der Waals surface area contributed by atoms with Gasteiger partial charge in [-0.15, -0.1) is 0 Å². The number of ketones is 1. The number of nitrogens with zero attached hydrogens (tertiary/aromatic N) is 2. The molecule has 7 N–H and O–H groups in total. The lowest BCUT2D eigenvalue weighted by Crippen LogP contribution is -2.23. The minimum atomic E-state index is -0.837. The lowest BCUT2D eigenvalue weighted by molar-refractivity contribution is -0.121. The minimum Gasteiger partial charge on any atom is -0.504 e. The molecule has 9 heteroatoms. The van der Waals surface area contributed by atoms with Crippen LogP contribution in [0.1, 0.15) is 61.9 Å². The van der Waals surface area contributed by atoms with E-state index < -0.39 is 18.4 Å². The van der Waals surface area contributed by atoms with Crippen molar-refractivity contribution >= 4 is 11.5 Å². The van der Waals surface area contributed by atoms with Crippen LogP contribution in [0.25, 0.3) is 0 Å². The lowest BCUT2D eigenvalue weighted by Gasteiger charge is -2.17. The Bertz CT molecular complexity index is 1290. The molecule has 0 fully saturated rings. The number of aliphatic hydroxyl groups excluding tert-OH is 2. The first-order chi connectivity index (χ1) is 19.2. The normalized spacial score (nSPS) is 15.9. The maximum atomic E-state index is 12.3. The van der Waals surface area contributed by atoms with Crippen LogP contribution in [-0.2, 0) is 17.6 Å². The van der Waals surface area contributed by atoms with E-state index >= 15 is 0 Å². The predicted molar refractivity (Wildman–Crippen MR) is 155 cm³/mol. The molecule has 2 heterocycles. The van der Waals surface area contributed by atoms with Gasteiger partial charge in [0.2, 0.25) is 0 Å². The summed E-state index contributed by atoms with van der Waals surface area (Å²) >= 11 is 0. The Morgan fingerprint density at radius 3 is 2.73 bits per heavy atom. The molecule has 0 bridgehead atoms. The Morgan fingerprint density at radius 1 is 1.12 bits per heavy atom. The van der Waals surface area contributed by atoms with Crippen molar-refractivity contribution in [1.82, 2.24) is 4.90 Å². The molecule has 0 radical (unpaired) electrons. The summed E-state index contributed by atoms with van der Waals surface area (Å²) in [6.07, 6.45) is 5.11. The Labute approximate surface area is 235 Å². The summed E-state index contributed by atoms with van der Waals surface area (Å²) in [5.41, 5.74) is 17.7. The van der Waals surface area contributed by atoms with Crippen LogP contribution in [-0.4, -0.2) is 57.2 Å². The number of hydrogen-bond acceptors (Lipinski definition) is 9. The van der Waals surface area contributed by atoms with Gasteiger partial charge in [-0.25, -0.2) is 0 Å². The third-order valence-electron chi connectivity index (χ3n) is 7.16. The molecule has 2 aromatic rings. The van der Waals surface area contributed by atoms with Crippen LogP contribution < -0.4 is 16.2 Å². The van der Waals surface area contributed by atoms with Gasteiger partial charge in [0.1, 0.15) is 5.78 Å². The highest BCUT2D eigenvalue weighted by Crippen LogP contribution is 2.31. The number of rotatable bonds is 15. The Balaban J connectivity index is 1.28. The smallest absolute Gasteiger partial charge is 0.163 e. The van der Waals surface area contributed by atoms with E-state index in [9.17, 15) is 20.1 Å². The van der Waals surface area contributed by atoms with Crippen LogP contribution in [0.4, 0.5) is 0 Å². The summed E-state index contributed by atoms with van der Waals surface area (Å²) in [5, 5.41) is 30.3. The van der Waals surface area contributed by atoms with E-state index in [-0.39, 0.29) is 37.5 Å². The minimum absolute atomic E-state index is 0.0259. The first-order valence-electron chi connectivity index (χ1n) is 13.9. The fraction of sp³-hybridized carbons (Fsp3) is 0.419. The molecule has 0 aromatic heterocycles. The number of carbonyl (C=O) groups is 1. The van der Waals surface area contributed by atoms with Crippen molar-refractivity contribution in [3.63, 3.8) is 0 Å². The number of phenolic OH excluding ortho intramolecular Hbond substituents is 1. The number of fused-ring (bicyclic) bond motifs is 1. The quantitative estimate of drug-likeness (QED) is 0.213. The molecule has 2 aromatic carbocycles. The summed E-state index contributed by atoms with van der Waals surface area (Å²) < 4.78 is 5.94. The van der Waals surface area contributed by atoms with Crippen molar-refractivity contribution < 1.29 is 24.9 Å². The SMILES string of the molecule is CCCC(O)CC(O)CC(=O)CCc1ccc(O)c(OCN2C=C3C(Cc4cccc(C(N)N)c4)=CN=C3C2)c1. The Hall–Kier alpha value is -3.50. The molecule has 214 valence electrons. The maximum Gasteiger partial charge on any atom is 0.163 e. The summed E-state index contributed by atoms with van der Waals surface area (Å²) in [6, 6.07) is 13.0. The summed E-state index contributed by atoms with van der Waals surface area (Å²) in [6.45, 7) is 2.80. The van der Waals surface area contributed by atoms with Gasteiger partial charge in [0, 0.05) is 30.8 Å². The fourth-order valence-electron chi connectivity index (χ4n) is 5.02. The molecule has 2 aliphatic heterocycles. The molecular weight excluding hydrogens is 508 g/mol. The van der Waals surface area contributed by atoms with Crippen molar-refractivity contribution in [2.75, 3.05) is 13.3 Å². The molecule has 4 rings (SSSR count). The monoisotopic (exact) mass is 548 g/mol. The van der Waals surface area contributed by atoms with Crippen molar-refractivity contribution in [1.29, 1.82) is 0 Å². The Morgan fingerprint density at radius 2 is 1.95 bits per heavy atom. The van der Waals surface area contributed by atoms with E-state index in [1.807, 2.05) is 48.5 Å². The van der Waals surface area contributed by atoms with Crippen LogP contribution >= 0.6 is 0 Å². The van der Waals surface area contributed by atoms with Gasteiger partial charge in [0.25, 0.3) is 0 Å². The number of phenols is 1. The molecule has 2 aliphatic rings. The van der Waals surface area contributed by atoms with Gasteiger partial charge in [-0.05, 0) is 60.1 Å². The van der Waals surface area contributed by atoms with E-state index in [2.05, 4.69) is 4.99 Å². The summed E-state index contributed by atoms with van der Waals surface area (Å²) in [4.78, 5) is 18.9. The molecule has 9 nitrogen and oxygen atoms in total. The number of aliphatic imine (C=N–C) groups is 1. The topological polar surface area (TPSA) is 155 Å². The number of hydrogen-bond donors (Lipinski definition) is 5. The molecule has 2 unspecified atom stereocenters. The first kappa shape index (κ1) is 29.5. The first-order valence-corrected chi connectivity index (χ1v) is 13.9. The molecule has 2 atom stereocenters. The number of aryl methyl sites for hydroxylation is 1. The van der Waals surface area contributed by atoms with Crippen molar-refractivity contribution in [2.24, 2.45) is 16.5 Å². The van der Waals surface area contributed by atoms with E-state index in [4.69, 9.17) is 16.2 Å². The van der Waals surface area contributed by atoms with Gasteiger partial charge < -0.3 is 36.4 Å². The number of carbonyl (C=O) groups excluding carboxylic acids is 1. The van der Waals surface area contributed by atoms with Crippen LogP contribution in [0.15, 0.2) is 71.0 Å². The summed E-state index contributed by atoms with van der Waals surface area (Å²) in [5.74, 6) is 0.304. The van der Waals surface area contributed by atoms with Gasteiger partial charge >= 0.3 is 0 Å². The zero-order valence-electron chi connectivity index (χ0n) is 23.0. The molecular formula is C31H40N4O5. The third-order valence-corrected chi connectivity index (χ3v) is 7.16. The lowest BCUT2D eigenvalue weighted by atomic mass is 9.98. The van der Waals surface area contributed by atoms with Gasteiger partial charge in [0.05, 0.1) is 30.6 Å².